The molecule has 4 rings (SSSR count). The first-order valence-electron chi connectivity index (χ1n) is 12.5. The van der Waals surface area contributed by atoms with Crippen molar-refractivity contribution >= 4 is 35.3 Å². The Hall–Kier alpha value is -3.46. The van der Waals surface area contributed by atoms with Gasteiger partial charge in [0.1, 0.15) is 4.88 Å². The van der Waals surface area contributed by atoms with Crippen LogP contribution in [0.5, 0.6) is 0 Å². The second kappa shape index (κ2) is 12.2. The zero-order valence-electron chi connectivity index (χ0n) is 22.1. The largest absolute Gasteiger partial charge is 0.477 e. The summed E-state index contributed by atoms with van der Waals surface area (Å²) in [6.07, 6.45) is 6.08. The van der Waals surface area contributed by atoms with E-state index in [2.05, 4.69) is 17.8 Å². The SMILES string of the molecule is Cc1nn(C)cc1-c1ccc(-c2cc(N(C(=O)C3CCC(C)CC3)C(C)C)c(C(=O)O)s2)cc1.NC=O. The molecule has 1 saturated carbocycles. The molecule has 3 aromatic rings. The van der Waals surface area contributed by atoms with E-state index in [9.17, 15) is 14.7 Å². The zero-order chi connectivity index (χ0) is 27.3. The minimum absolute atomic E-state index is 0.0365. The molecule has 0 bridgehead atoms. The molecule has 0 radical (unpaired) electrons. The molecule has 0 saturated heterocycles. The van der Waals surface area contributed by atoms with Crippen LogP contribution in [0.15, 0.2) is 36.5 Å². The van der Waals surface area contributed by atoms with Crippen molar-refractivity contribution in [2.24, 2.45) is 24.6 Å². The van der Waals surface area contributed by atoms with E-state index in [1.54, 1.807) is 9.58 Å². The summed E-state index contributed by atoms with van der Waals surface area (Å²) in [5, 5.41) is 14.4. The summed E-state index contributed by atoms with van der Waals surface area (Å²) in [4.78, 5) is 37.1. The van der Waals surface area contributed by atoms with Gasteiger partial charge in [-0.05, 0) is 69.6 Å². The Morgan fingerprint density at radius 1 is 1.16 bits per heavy atom. The molecule has 1 fully saturated rings. The van der Waals surface area contributed by atoms with Crippen LogP contribution in [0.3, 0.4) is 0 Å². The molecule has 3 N–H and O–H groups in total. The molecular formula is C28H36N4O4S. The molecule has 0 aliphatic heterocycles. The minimum atomic E-state index is -0.996. The Labute approximate surface area is 222 Å². The van der Waals surface area contributed by atoms with E-state index in [0.29, 0.717) is 11.6 Å². The summed E-state index contributed by atoms with van der Waals surface area (Å²) in [5.74, 6) is -0.330. The fraction of sp³-hybridized carbons (Fsp3) is 0.429. The number of nitrogens with zero attached hydrogens (tertiary/aromatic N) is 3. The first-order valence-corrected chi connectivity index (χ1v) is 13.4. The van der Waals surface area contributed by atoms with Crippen LogP contribution >= 0.6 is 11.3 Å². The number of benzene rings is 1. The topological polar surface area (TPSA) is 119 Å². The molecular weight excluding hydrogens is 488 g/mol. The van der Waals surface area contributed by atoms with Crippen LogP contribution in [0.1, 0.15) is 61.8 Å². The monoisotopic (exact) mass is 524 g/mol. The molecule has 0 atom stereocenters. The number of nitrogens with two attached hydrogens (primary N) is 1. The van der Waals surface area contributed by atoms with E-state index in [1.807, 2.05) is 64.3 Å². The number of aromatic nitrogens is 2. The number of aromatic carboxylic acids is 1. The van der Waals surface area contributed by atoms with E-state index >= 15 is 0 Å². The number of primary amides is 1. The van der Waals surface area contributed by atoms with Crippen LogP contribution in [0.25, 0.3) is 21.6 Å². The second-order valence-electron chi connectivity index (χ2n) is 9.90. The highest BCUT2D eigenvalue weighted by molar-refractivity contribution is 7.18. The highest BCUT2D eigenvalue weighted by atomic mass is 32.1. The van der Waals surface area contributed by atoms with Crippen molar-refractivity contribution in [1.82, 2.24) is 9.78 Å². The van der Waals surface area contributed by atoms with Gasteiger partial charge in [-0.2, -0.15) is 5.10 Å². The van der Waals surface area contributed by atoms with E-state index in [4.69, 9.17) is 4.79 Å². The van der Waals surface area contributed by atoms with Crippen LogP contribution in [-0.4, -0.2) is 39.2 Å². The maximum atomic E-state index is 13.5. The molecule has 0 spiro atoms. The summed E-state index contributed by atoms with van der Waals surface area (Å²) < 4.78 is 1.80. The molecule has 37 heavy (non-hydrogen) atoms. The lowest BCUT2D eigenvalue weighted by atomic mass is 9.82. The highest BCUT2D eigenvalue weighted by Gasteiger charge is 2.33. The molecule has 198 valence electrons. The van der Waals surface area contributed by atoms with Crippen LogP contribution < -0.4 is 10.6 Å². The Bertz CT molecular complexity index is 1240. The number of hydrogen-bond acceptors (Lipinski definition) is 5. The first-order chi connectivity index (χ1) is 17.6. The van der Waals surface area contributed by atoms with Crippen molar-refractivity contribution in [2.75, 3.05) is 4.90 Å². The number of aryl methyl sites for hydroxylation is 2. The summed E-state index contributed by atoms with van der Waals surface area (Å²) in [5.41, 5.74) is 8.72. The number of carboxylic acid groups (broad SMARTS) is 1. The maximum Gasteiger partial charge on any atom is 0.348 e. The third-order valence-electron chi connectivity index (χ3n) is 6.78. The number of carboxylic acids is 1. The summed E-state index contributed by atoms with van der Waals surface area (Å²) >= 11 is 1.23. The Kier molecular flexibility index (Phi) is 9.26. The van der Waals surface area contributed by atoms with E-state index in [1.165, 1.54) is 11.3 Å². The Morgan fingerprint density at radius 3 is 2.22 bits per heavy atom. The van der Waals surface area contributed by atoms with E-state index in [0.717, 1.165) is 52.9 Å². The average Bonchev–Trinajstić information content (AvgIpc) is 3.43. The number of carbonyl (C=O) groups is 3. The van der Waals surface area contributed by atoms with Gasteiger partial charge in [0.05, 0.1) is 11.4 Å². The third kappa shape index (κ3) is 6.46. The van der Waals surface area contributed by atoms with Gasteiger partial charge in [-0.1, -0.05) is 31.2 Å². The molecule has 1 aliphatic carbocycles. The third-order valence-corrected chi connectivity index (χ3v) is 7.94. The van der Waals surface area contributed by atoms with Crippen LogP contribution in [0, 0.1) is 18.8 Å². The molecule has 1 aliphatic rings. The lowest BCUT2D eigenvalue weighted by Gasteiger charge is -2.33. The van der Waals surface area contributed by atoms with Crippen molar-refractivity contribution in [3.8, 4) is 21.6 Å². The van der Waals surface area contributed by atoms with Crippen molar-refractivity contribution in [3.63, 3.8) is 0 Å². The van der Waals surface area contributed by atoms with Crippen LogP contribution in [0.2, 0.25) is 0 Å². The van der Waals surface area contributed by atoms with Gasteiger partial charge in [0, 0.05) is 35.6 Å². The van der Waals surface area contributed by atoms with Gasteiger partial charge >= 0.3 is 5.97 Å². The first kappa shape index (κ1) is 28.1. The molecule has 2 amide bonds. The Morgan fingerprint density at radius 2 is 1.73 bits per heavy atom. The summed E-state index contributed by atoms with van der Waals surface area (Å²) in [6.45, 7) is 8.13. The molecule has 2 heterocycles. The average molecular weight is 525 g/mol. The zero-order valence-corrected chi connectivity index (χ0v) is 22.9. The molecule has 0 unspecified atom stereocenters. The standard InChI is InChI=1S/C27H33N3O3S.CH3NO/c1-16(2)30(26(31)21-8-6-17(3)7-9-21)23-14-24(34-25(23)27(32)33)20-12-10-19(11-13-20)22-15-29(5)28-18(22)4;2-1-3/h10-17,21H,6-9H2,1-5H3,(H,32,33);1H,(H2,2,3). The normalized spacial score (nSPS) is 17.1. The molecule has 1 aromatic carbocycles. The van der Waals surface area contributed by atoms with Gasteiger partial charge in [0.15, 0.2) is 0 Å². The van der Waals surface area contributed by atoms with Crippen LogP contribution in [0.4, 0.5) is 5.69 Å². The maximum absolute atomic E-state index is 13.5. The van der Waals surface area contributed by atoms with Crippen molar-refractivity contribution in [1.29, 1.82) is 0 Å². The lowest BCUT2D eigenvalue weighted by molar-refractivity contribution is -0.123. The summed E-state index contributed by atoms with van der Waals surface area (Å²) in [7, 11) is 1.90. The van der Waals surface area contributed by atoms with Crippen LogP contribution in [-0.2, 0) is 16.6 Å². The molecule has 2 aromatic heterocycles. The van der Waals surface area contributed by atoms with E-state index in [-0.39, 0.29) is 29.2 Å². The number of anilines is 1. The number of hydrogen-bond donors (Lipinski definition) is 2. The molecule has 9 heteroatoms. The highest BCUT2D eigenvalue weighted by Crippen LogP contribution is 2.40. The van der Waals surface area contributed by atoms with Gasteiger partial charge < -0.3 is 15.7 Å². The van der Waals surface area contributed by atoms with Crippen molar-refractivity contribution in [3.05, 3.63) is 47.1 Å². The number of thiophene rings is 1. The Balaban J connectivity index is 0.00000121. The minimum Gasteiger partial charge on any atom is -0.477 e. The van der Waals surface area contributed by atoms with Gasteiger partial charge in [0.25, 0.3) is 0 Å². The predicted octanol–water partition coefficient (Wildman–Crippen LogP) is 5.49. The van der Waals surface area contributed by atoms with Crippen molar-refractivity contribution in [2.45, 2.75) is 59.4 Å². The number of amides is 2. The molecule has 8 nitrogen and oxygen atoms in total. The van der Waals surface area contributed by atoms with Gasteiger partial charge in [-0.3, -0.25) is 14.3 Å². The van der Waals surface area contributed by atoms with Gasteiger partial charge in [-0.15, -0.1) is 11.3 Å². The fourth-order valence-corrected chi connectivity index (χ4v) is 5.90. The number of rotatable bonds is 6. The van der Waals surface area contributed by atoms with Gasteiger partial charge in [-0.25, -0.2) is 4.79 Å². The predicted molar refractivity (Wildman–Crippen MR) is 148 cm³/mol. The fourth-order valence-electron chi connectivity index (χ4n) is 4.91. The smallest absolute Gasteiger partial charge is 0.348 e. The van der Waals surface area contributed by atoms with Crippen molar-refractivity contribution < 1.29 is 19.5 Å². The second-order valence-corrected chi connectivity index (χ2v) is 11.0. The van der Waals surface area contributed by atoms with Gasteiger partial charge in [0.2, 0.25) is 12.3 Å². The van der Waals surface area contributed by atoms with E-state index < -0.39 is 5.97 Å². The number of carbonyl (C=O) groups excluding carboxylic acids is 2. The lowest BCUT2D eigenvalue weighted by Crippen LogP contribution is -2.42. The summed E-state index contributed by atoms with van der Waals surface area (Å²) in [6, 6.07) is 9.84. The quantitative estimate of drug-likeness (QED) is 0.413.